The van der Waals surface area contributed by atoms with E-state index in [-0.39, 0.29) is 11.7 Å². The van der Waals surface area contributed by atoms with Gasteiger partial charge in [-0.05, 0) is 59.0 Å². The summed E-state index contributed by atoms with van der Waals surface area (Å²) < 4.78 is 24.9. The van der Waals surface area contributed by atoms with Gasteiger partial charge in [-0.2, -0.15) is 0 Å². The minimum Gasteiger partial charge on any atom is -0.493 e. The maximum atomic E-state index is 13.2. The maximum Gasteiger partial charge on any atom is 0.256 e. The van der Waals surface area contributed by atoms with Crippen LogP contribution in [-0.4, -0.2) is 18.0 Å². The lowest BCUT2D eigenvalue weighted by atomic mass is 10.2. The van der Waals surface area contributed by atoms with Gasteiger partial charge >= 0.3 is 0 Å². The van der Waals surface area contributed by atoms with Crippen LogP contribution in [0.1, 0.15) is 15.9 Å². The van der Waals surface area contributed by atoms with Gasteiger partial charge in [-0.15, -0.1) is 0 Å². The highest BCUT2D eigenvalue weighted by Crippen LogP contribution is 2.31. The molecule has 0 aliphatic carbocycles. The van der Waals surface area contributed by atoms with Crippen molar-refractivity contribution in [3.8, 4) is 11.5 Å². The zero-order chi connectivity index (χ0) is 19.2. The lowest BCUT2D eigenvalue weighted by Gasteiger charge is -2.13. The average molecular weight is 478 g/mol. The summed E-state index contributed by atoms with van der Waals surface area (Å²) in [6.45, 7) is 0.317. The van der Waals surface area contributed by atoms with Gasteiger partial charge in [0.15, 0.2) is 11.5 Å². The summed E-state index contributed by atoms with van der Waals surface area (Å²) in [7, 11) is 1.55. The number of nitrogens with zero attached hydrogens (tertiary/aromatic N) is 1. The van der Waals surface area contributed by atoms with Crippen LogP contribution in [0.25, 0.3) is 0 Å². The highest BCUT2D eigenvalue weighted by atomic mass is 127. The van der Waals surface area contributed by atoms with Crippen molar-refractivity contribution in [1.82, 2.24) is 4.98 Å². The number of rotatable bonds is 6. The van der Waals surface area contributed by atoms with Crippen LogP contribution in [0, 0.1) is 9.39 Å². The number of hydrogen-bond acceptors (Lipinski definition) is 4. The van der Waals surface area contributed by atoms with Gasteiger partial charge in [0.05, 0.1) is 12.7 Å². The molecular formula is C20H16FIN2O3. The van der Waals surface area contributed by atoms with Gasteiger partial charge in [0, 0.05) is 33.3 Å². The molecule has 0 spiro atoms. The first kappa shape index (κ1) is 19.1. The number of nitrogens with one attached hydrogen (secondary N) is 1. The SMILES string of the molecule is COc1ccc(NC(=O)c2ccc(F)cc2I)cc1OCc1cccnc1. The molecule has 2 aromatic carbocycles. The van der Waals surface area contributed by atoms with Crippen LogP contribution >= 0.6 is 22.6 Å². The van der Waals surface area contributed by atoms with Gasteiger partial charge < -0.3 is 14.8 Å². The van der Waals surface area contributed by atoms with E-state index >= 15 is 0 Å². The Kier molecular flexibility index (Phi) is 6.23. The zero-order valence-electron chi connectivity index (χ0n) is 14.4. The monoisotopic (exact) mass is 478 g/mol. The first-order valence-electron chi connectivity index (χ1n) is 8.03. The van der Waals surface area contributed by atoms with Crippen LogP contribution in [0.3, 0.4) is 0 Å². The van der Waals surface area contributed by atoms with Crippen molar-refractivity contribution < 1.29 is 18.7 Å². The largest absolute Gasteiger partial charge is 0.493 e. The molecule has 0 aliphatic rings. The number of pyridine rings is 1. The Morgan fingerprint density at radius 3 is 2.74 bits per heavy atom. The third-order valence-corrected chi connectivity index (χ3v) is 4.61. The molecule has 1 aromatic heterocycles. The normalized spacial score (nSPS) is 10.3. The van der Waals surface area contributed by atoms with E-state index in [1.54, 1.807) is 37.7 Å². The van der Waals surface area contributed by atoms with Crippen LogP contribution in [0.2, 0.25) is 0 Å². The number of benzene rings is 2. The second-order valence-corrected chi connectivity index (χ2v) is 6.76. The molecule has 7 heteroatoms. The van der Waals surface area contributed by atoms with Crippen molar-refractivity contribution >= 4 is 34.2 Å². The summed E-state index contributed by atoms with van der Waals surface area (Å²) in [6, 6.07) is 12.9. The van der Waals surface area contributed by atoms with Gasteiger partial charge in [0.25, 0.3) is 5.91 Å². The molecule has 0 bridgehead atoms. The number of carbonyl (C=O) groups is 1. The molecule has 0 saturated carbocycles. The molecule has 0 fully saturated rings. The first-order valence-corrected chi connectivity index (χ1v) is 9.11. The van der Waals surface area contributed by atoms with E-state index in [4.69, 9.17) is 9.47 Å². The van der Waals surface area contributed by atoms with E-state index in [0.717, 1.165) is 5.56 Å². The van der Waals surface area contributed by atoms with Crippen molar-refractivity contribution in [3.05, 3.63) is 81.4 Å². The fraction of sp³-hybridized carbons (Fsp3) is 0.100. The predicted octanol–water partition coefficient (Wildman–Crippen LogP) is 4.67. The molecule has 0 saturated heterocycles. The number of ether oxygens (including phenoxy) is 2. The van der Waals surface area contributed by atoms with Gasteiger partial charge in [0.2, 0.25) is 0 Å². The topological polar surface area (TPSA) is 60.5 Å². The summed E-state index contributed by atoms with van der Waals surface area (Å²) in [4.78, 5) is 16.5. The number of halogens is 2. The lowest BCUT2D eigenvalue weighted by Crippen LogP contribution is -2.13. The number of anilines is 1. The van der Waals surface area contributed by atoms with Gasteiger partial charge in [-0.25, -0.2) is 4.39 Å². The van der Waals surface area contributed by atoms with E-state index in [9.17, 15) is 9.18 Å². The molecule has 1 N–H and O–H groups in total. The third-order valence-electron chi connectivity index (χ3n) is 3.71. The van der Waals surface area contributed by atoms with Crippen LogP contribution < -0.4 is 14.8 Å². The Morgan fingerprint density at radius 2 is 2.04 bits per heavy atom. The fourth-order valence-corrected chi connectivity index (χ4v) is 3.11. The van der Waals surface area contributed by atoms with E-state index in [1.807, 2.05) is 34.7 Å². The Labute approximate surface area is 169 Å². The third kappa shape index (κ3) is 4.94. The number of aromatic nitrogens is 1. The Hall–Kier alpha value is -2.68. The average Bonchev–Trinajstić information content (AvgIpc) is 2.67. The molecule has 0 aliphatic heterocycles. The molecule has 3 rings (SSSR count). The van der Waals surface area contributed by atoms with E-state index in [1.165, 1.54) is 18.2 Å². The van der Waals surface area contributed by atoms with Gasteiger partial charge in [0.1, 0.15) is 12.4 Å². The highest BCUT2D eigenvalue weighted by Gasteiger charge is 2.13. The second kappa shape index (κ2) is 8.81. The van der Waals surface area contributed by atoms with Crippen molar-refractivity contribution in [2.75, 3.05) is 12.4 Å². The summed E-state index contributed by atoms with van der Waals surface area (Å²) in [5, 5.41) is 2.79. The molecule has 1 amide bonds. The minimum atomic E-state index is -0.383. The van der Waals surface area contributed by atoms with Crippen LogP contribution in [-0.2, 0) is 6.61 Å². The quantitative estimate of drug-likeness (QED) is 0.524. The Balaban J connectivity index is 1.77. The lowest BCUT2D eigenvalue weighted by molar-refractivity contribution is 0.102. The molecule has 138 valence electrons. The van der Waals surface area contributed by atoms with Gasteiger partial charge in [-0.1, -0.05) is 6.07 Å². The zero-order valence-corrected chi connectivity index (χ0v) is 16.6. The van der Waals surface area contributed by atoms with Crippen molar-refractivity contribution in [1.29, 1.82) is 0 Å². The predicted molar refractivity (Wildman–Crippen MR) is 109 cm³/mol. The van der Waals surface area contributed by atoms with Crippen LogP contribution in [0.4, 0.5) is 10.1 Å². The molecule has 0 unspecified atom stereocenters. The maximum absolute atomic E-state index is 13.2. The Morgan fingerprint density at radius 1 is 1.19 bits per heavy atom. The molecule has 0 radical (unpaired) electrons. The summed E-state index contributed by atoms with van der Waals surface area (Å²) >= 11 is 1.93. The van der Waals surface area contributed by atoms with E-state index < -0.39 is 0 Å². The summed E-state index contributed by atoms with van der Waals surface area (Å²) in [5.74, 6) is 0.329. The molecule has 3 aromatic rings. The molecule has 0 atom stereocenters. The first-order chi connectivity index (χ1) is 13.1. The second-order valence-electron chi connectivity index (χ2n) is 5.59. The van der Waals surface area contributed by atoms with Crippen LogP contribution in [0.15, 0.2) is 60.9 Å². The fourth-order valence-electron chi connectivity index (χ4n) is 2.38. The summed E-state index contributed by atoms with van der Waals surface area (Å²) in [6.07, 6.45) is 3.41. The molecule has 27 heavy (non-hydrogen) atoms. The highest BCUT2D eigenvalue weighted by molar-refractivity contribution is 14.1. The number of hydrogen-bond donors (Lipinski definition) is 1. The minimum absolute atomic E-state index is 0.317. The number of carbonyl (C=O) groups excluding carboxylic acids is 1. The van der Waals surface area contributed by atoms with Crippen molar-refractivity contribution in [3.63, 3.8) is 0 Å². The summed E-state index contributed by atoms with van der Waals surface area (Å²) in [5.41, 5.74) is 1.85. The van der Waals surface area contributed by atoms with E-state index in [0.29, 0.717) is 32.9 Å². The molecular weight excluding hydrogens is 462 g/mol. The molecule has 5 nitrogen and oxygen atoms in total. The Bertz CT molecular complexity index is 951. The molecule has 1 heterocycles. The van der Waals surface area contributed by atoms with Crippen molar-refractivity contribution in [2.45, 2.75) is 6.61 Å². The smallest absolute Gasteiger partial charge is 0.256 e. The number of methoxy groups -OCH3 is 1. The van der Waals surface area contributed by atoms with Crippen molar-refractivity contribution in [2.24, 2.45) is 0 Å². The van der Waals surface area contributed by atoms with E-state index in [2.05, 4.69) is 10.3 Å². The van der Waals surface area contributed by atoms with Crippen LogP contribution in [0.5, 0.6) is 11.5 Å². The number of amides is 1. The standard InChI is InChI=1S/C20H16FIN2O3/c1-26-18-7-5-15(10-19(18)27-12-13-3-2-8-23-11-13)24-20(25)16-6-4-14(21)9-17(16)22/h2-11H,12H2,1H3,(H,24,25). The van der Waals surface area contributed by atoms with Gasteiger partial charge in [-0.3, -0.25) is 9.78 Å².